The van der Waals surface area contributed by atoms with Crippen molar-refractivity contribution >= 4 is 11.9 Å². The third kappa shape index (κ3) is 4.61. The number of halogens is 3. The van der Waals surface area contributed by atoms with E-state index in [0.717, 1.165) is 12.6 Å². The number of ether oxygens (including phenoxy) is 1. The Kier molecular flexibility index (Phi) is 5.61. The van der Waals surface area contributed by atoms with E-state index in [1.165, 1.54) is 6.92 Å². The van der Waals surface area contributed by atoms with Crippen molar-refractivity contribution in [1.82, 2.24) is 20.2 Å². The summed E-state index contributed by atoms with van der Waals surface area (Å²) in [6.07, 6.45) is -4.32. The van der Waals surface area contributed by atoms with E-state index in [2.05, 4.69) is 15.3 Å². The first-order chi connectivity index (χ1) is 12.3. The van der Waals surface area contributed by atoms with Crippen LogP contribution in [0.4, 0.5) is 19.1 Å². The van der Waals surface area contributed by atoms with Crippen LogP contribution in [0.15, 0.2) is 6.07 Å². The highest BCUT2D eigenvalue weighted by molar-refractivity contribution is 5.77. The second-order valence-electron chi connectivity index (χ2n) is 6.46. The number of hydrogen-bond donors (Lipinski definition) is 1. The molecule has 2 fully saturated rings. The van der Waals surface area contributed by atoms with Crippen LogP contribution in [-0.4, -0.2) is 72.8 Å². The molecule has 0 spiro atoms. The van der Waals surface area contributed by atoms with Gasteiger partial charge in [0.05, 0.1) is 19.1 Å². The van der Waals surface area contributed by atoms with Crippen LogP contribution >= 0.6 is 0 Å². The number of hydrogen-bond acceptors (Lipinski definition) is 6. The van der Waals surface area contributed by atoms with Crippen molar-refractivity contribution in [3.63, 3.8) is 0 Å². The van der Waals surface area contributed by atoms with Crippen molar-refractivity contribution < 1.29 is 22.7 Å². The minimum Gasteiger partial charge on any atom is -0.375 e. The third-order valence-corrected chi connectivity index (χ3v) is 4.45. The fourth-order valence-electron chi connectivity index (χ4n) is 3.07. The Morgan fingerprint density at radius 2 is 2.04 bits per heavy atom. The lowest BCUT2D eigenvalue weighted by Crippen LogP contribution is -2.51. The Morgan fingerprint density at radius 1 is 1.31 bits per heavy atom. The number of morpholine rings is 1. The highest BCUT2D eigenvalue weighted by Gasteiger charge is 2.34. The molecule has 0 saturated carbocycles. The first-order valence-electron chi connectivity index (χ1n) is 8.61. The van der Waals surface area contributed by atoms with Gasteiger partial charge in [0.25, 0.3) is 0 Å². The highest BCUT2D eigenvalue weighted by Crippen LogP contribution is 2.29. The number of aryl methyl sites for hydroxylation is 1. The minimum absolute atomic E-state index is 0.000471. The third-order valence-electron chi connectivity index (χ3n) is 4.45. The topological polar surface area (TPSA) is 70.6 Å². The van der Waals surface area contributed by atoms with E-state index in [9.17, 15) is 18.0 Å². The summed E-state index contributed by atoms with van der Waals surface area (Å²) in [6, 6.07) is 0.932. The first kappa shape index (κ1) is 18.8. The number of carbonyl (C=O) groups is 1. The summed E-state index contributed by atoms with van der Waals surface area (Å²) in [5.74, 6) is 0.0590. The Balaban J connectivity index is 1.58. The Morgan fingerprint density at radius 3 is 2.65 bits per heavy atom. The molecule has 2 aliphatic heterocycles. The van der Waals surface area contributed by atoms with Crippen molar-refractivity contribution in [3.05, 3.63) is 17.5 Å². The average molecular weight is 373 g/mol. The van der Waals surface area contributed by atoms with Gasteiger partial charge in [0.2, 0.25) is 11.9 Å². The van der Waals surface area contributed by atoms with Gasteiger partial charge in [-0.1, -0.05) is 0 Å². The van der Waals surface area contributed by atoms with Crippen LogP contribution in [0.25, 0.3) is 0 Å². The molecule has 1 atom stereocenters. The number of rotatable bonds is 3. The lowest BCUT2D eigenvalue weighted by atomic mass is 10.2. The molecule has 144 valence electrons. The molecule has 3 rings (SSSR count). The molecule has 1 N–H and O–H groups in total. The standard InChI is InChI=1S/C16H22F3N5O2/c1-11-8-13(16(17,18)19)22-15(21-11)24-5-3-23(4-6-24)14(25)9-12-10-20-2-7-26-12/h8,12,20H,2-7,9-10H2,1H3. The normalized spacial score (nSPS) is 21.8. The zero-order valence-corrected chi connectivity index (χ0v) is 14.6. The average Bonchev–Trinajstić information content (AvgIpc) is 2.61. The number of piperazine rings is 1. The van der Waals surface area contributed by atoms with Crippen molar-refractivity contribution in [2.24, 2.45) is 0 Å². The molecule has 2 saturated heterocycles. The summed E-state index contributed by atoms with van der Waals surface area (Å²) < 4.78 is 44.3. The van der Waals surface area contributed by atoms with Crippen molar-refractivity contribution in [2.75, 3.05) is 50.8 Å². The zero-order chi connectivity index (χ0) is 18.7. The SMILES string of the molecule is Cc1cc(C(F)(F)F)nc(N2CCN(C(=O)CC3CNCCO3)CC2)n1. The van der Waals surface area contributed by atoms with Gasteiger partial charge < -0.3 is 19.9 Å². The van der Waals surface area contributed by atoms with Crippen LogP contribution in [0, 0.1) is 6.92 Å². The van der Waals surface area contributed by atoms with Gasteiger partial charge in [0, 0.05) is 45.0 Å². The number of nitrogens with one attached hydrogen (secondary N) is 1. The number of carbonyl (C=O) groups excluding carboxylic acids is 1. The molecule has 0 aliphatic carbocycles. The summed E-state index contributed by atoms with van der Waals surface area (Å²) in [6.45, 7) is 5.21. The molecule has 0 bridgehead atoms. The number of alkyl halides is 3. The van der Waals surface area contributed by atoms with Crippen LogP contribution in [0.5, 0.6) is 0 Å². The number of amides is 1. The molecule has 1 amide bonds. The molecule has 1 unspecified atom stereocenters. The van der Waals surface area contributed by atoms with E-state index in [1.807, 2.05) is 0 Å². The van der Waals surface area contributed by atoms with Gasteiger partial charge in [-0.05, 0) is 13.0 Å². The predicted molar refractivity (Wildman–Crippen MR) is 87.8 cm³/mol. The molecule has 1 aromatic heterocycles. The molecular weight excluding hydrogens is 351 g/mol. The lowest BCUT2D eigenvalue weighted by Gasteiger charge is -2.36. The van der Waals surface area contributed by atoms with Gasteiger partial charge in [-0.25, -0.2) is 9.97 Å². The maximum Gasteiger partial charge on any atom is 0.433 e. The smallest absolute Gasteiger partial charge is 0.375 e. The number of aromatic nitrogens is 2. The molecule has 0 aromatic carbocycles. The van der Waals surface area contributed by atoms with E-state index in [4.69, 9.17) is 4.74 Å². The minimum atomic E-state index is -4.51. The molecular formula is C16H22F3N5O2. The lowest BCUT2D eigenvalue weighted by molar-refractivity contribution is -0.141. The quantitative estimate of drug-likeness (QED) is 0.847. The molecule has 2 aliphatic rings. The maximum atomic E-state index is 12.9. The fraction of sp³-hybridized carbons (Fsp3) is 0.688. The predicted octanol–water partition coefficient (Wildman–Crippen LogP) is 0.831. The van der Waals surface area contributed by atoms with E-state index >= 15 is 0 Å². The second-order valence-corrected chi connectivity index (χ2v) is 6.46. The van der Waals surface area contributed by atoms with Crippen molar-refractivity contribution in [1.29, 1.82) is 0 Å². The zero-order valence-electron chi connectivity index (χ0n) is 14.6. The van der Waals surface area contributed by atoms with Gasteiger partial charge in [-0.15, -0.1) is 0 Å². The van der Waals surface area contributed by atoms with Crippen LogP contribution in [0.2, 0.25) is 0 Å². The Bertz CT molecular complexity index is 641. The van der Waals surface area contributed by atoms with Gasteiger partial charge in [0.15, 0.2) is 0 Å². The molecule has 7 nitrogen and oxygen atoms in total. The Labute approximate surface area is 149 Å². The van der Waals surface area contributed by atoms with Gasteiger partial charge in [-0.3, -0.25) is 4.79 Å². The number of anilines is 1. The summed E-state index contributed by atoms with van der Waals surface area (Å²) >= 11 is 0. The van der Waals surface area contributed by atoms with Crippen LogP contribution in [0.1, 0.15) is 17.8 Å². The monoisotopic (exact) mass is 373 g/mol. The first-order valence-corrected chi connectivity index (χ1v) is 8.61. The fourth-order valence-corrected chi connectivity index (χ4v) is 3.07. The largest absolute Gasteiger partial charge is 0.433 e. The van der Waals surface area contributed by atoms with E-state index in [-0.39, 0.29) is 23.7 Å². The molecule has 26 heavy (non-hydrogen) atoms. The highest BCUT2D eigenvalue weighted by atomic mass is 19.4. The van der Waals surface area contributed by atoms with Crippen molar-refractivity contribution in [2.45, 2.75) is 25.6 Å². The molecule has 3 heterocycles. The van der Waals surface area contributed by atoms with Crippen LogP contribution in [-0.2, 0) is 15.7 Å². The van der Waals surface area contributed by atoms with E-state index in [0.29, 0.717) is 45.8 Å². The molecule has 1 aromatic rings. The van der Waals surface area contributed by atoms with E-state index in [1.54, 1.807) is 9.80 Å². The summed E-state index contributed by atoms with van der Waals surface area (Å²) in [5.41, 5.74) is -0.678. The number of nitrogens with zero attached hydrogens (tertiary/aromatic N) is 4. The Hall–Kier alpha value is -1.94. The summed E-state index contributed by atoms with van der Waals surface area (Å²) in [4.78, 5) is 23.5. The van der Waals surface area contributed by atoms with Gasteiger partial charge in [-0.2, -0.15) is 13.2 Å². The van der Waals surface area contributed by atoms with Crippen LogP contribution < -0.4 is 10.2 Å². The summed E-state index contributed by atoms with van der Waals surface area (Å²) in [7, 11) is 0. The molecule has 10 heteroatoms. The van der Waals surface area contributed by atoms with Crippen LogP contribution in [0.3, 0.4) is 0 Å². The maximum absolute atomic E-state index is 12.9. The summed E-state index contributed by atoms with van der Waals surface area (Å²) in [5, 5.41) is 3.18. The second kappa shape index (κ2) is 7.75. The van der Waals surface area contributed by atoms with Gasteiger partial charge in [0.1, 0.15) is 5.69 Å². The van der Waals surface area contributed by atoms with Gasteiger partial charge >= 0.3 is 6.18 Å². The van der Waals surface area contributed by atoms with Crippen molar-refractivity contribution in [3.8, 4) is 0 Å². The molecule has 0 radical (unpaired) electrons. The van der Waals surface area contributed by atoms with E-state index < -0.39 is 11.9 Å².